The van der Waals surface area contributed by atoms with Gasteiger partial charge < -0.3 is 15.2 Å². The summed E-state index contributed by atoms with van der Waals surface area (Å²) in [5.74, 6) is 1.66. The van der Waals surface area contributed by atoms with E-state index in [9.17, 15) is 0 Å². The summed E-state index contributed by atoms with van der Waals surface area (Å²) in [5.41, 5.74) is 7.08. The molecule has 0 radical (unpaired) electrons. The lowest BCUT2D eigenvalue weighted by molar-refractivity contribution is 0.172. The molecular formula is C16H28N2O2. The number of ether oxygens (including phenoxy) is 2. The van der Waals surface area contributed by atoms with Crippen LogP contribution in [0.1, 0.15) is 32.4 Å². The molecule has 0 aliphatic rings. The van der Waals surface area contributed by atoms with Gasteiger partial charge in [-0.1, -0.05) is 19.9 Å². The molecule has 114 valence electrons. The molecule has 0 aliphatic carbocycles. The molecule has 0 aromatic heterocycles. The van der Waals surface area contributed by atoms with Gasteiger partial charge >= 0.3 is 0 Å². The third-order valence-corrected chi connectivity index (χ3v) is 3.78. The molecule has 0 aliphatic heterocycles. The van der Waals surface area contributed by atoms with Gasteiger partial charge in [-0.3, -0.25) is 4.90 Å². The SMILES string of the molecule is COc1ccc(C(C)N(C)CC(C)(C)CN)c(OC)c1. The molecule has 2 N–H and O–H groups in total. The molecule has 0 saturated heterocycles. The lowest BCUT2D eigenvalue weighted by Gasteiger charge is -2.33. The van der Waals surface area contributed by atoms with E-state index in [0.29, 0.717) is 6.54 Å². The summed E-state index contributed by atoms with van der Waals surface area (Å²) in [6, 6.07) is 6.21. The van der Waals surface area contributed by atoms with Crippen LogP contribution in [0.25, 0.3) is 0 Å². The second kappa shape index (κ2) is 6.95. The molecule has 1 aromatic rings. The molecule has 0 heterocycles. The highest BCUT2D eigenvalue weighted by Crippen LogP contribution is 2.32. The van der Waals surface area contributed by atoms with Crippen LogP contribution in [0.4, 0.5) is 0 Å². The van der Waals surface area contributed by atoms with Crippen LogP contribution in [0.15, 0.2) is 18.2 Å². The van der Waals surface area contributed by atoms with Gasteiger partial charge in [0, 0.05) is 24.2 Å². The molecule has 0 spiro atoms. The topological polar surface area (TPSA) is 47.7 Å². The zero-order valence-electron chi connectivity index (χ0n) is 13.6. The summed E-state index contributed by atoms with van der Waals surface area (Å²) in [7, 11) is 5.47. The first-order valence-corrected chi connectivity index (χ1v) is 6.97. The standard InChI is InChI=1S/C16H28N2O2/c1-12(18(4)11-16(2,3)10-17)14-8-7-13(19-5)9-15(14)20-6/h7-9,12H,10-11,17H2,1-6H3. The van der Waals surface area contributed by atoms with Crippen LogP contribution in [0.3, 0.4) is 0 Å². The second-order valence-electron chi connectivity index (χ2n) is 6.07. The van der Waals surface area contributed by atoms with Crippen molar-refractivity contribution in [1.29, 1.82) is 0 Å². The van der Waals surface area contributed by atoms with Gasteiger partial charge in [-0.05, 0) is 32.0 Å². The third-order valence-electron chi connectivity index (χ3n) is 3.78. The Morgan fingerprint density at radius 2 is 1.90 bits per heavy atom. The van der Waals surface area contributed by atoms with Crippen molar-refractivity contribution >= 4 is 0 Å². The van der Waals surface area contributed by atoms with Crippen LogP contribution in [0.5, 0.6) is 11.5 Å². The van der Waals surface area contributed by atoms with E-state index in [2.05, 4.69) is 38.8 Å². The first-order valence-electron chi connectivity index (χ1n) is 6.97. The molecule has 1 aromatic carbocycles. The van der Waals surface area contributed by atoms with Crippen molar-refractivity contribution in [3.8, 4) is 11.5 Å². The van der Waals surface area contributed by atoms with Crippen LogP contribution in [-0.2, 0) is 0 Å². The van der Waals surface area contributed by atoms with E-state index < -0.39 is 0 Å². The van der Waals surface area contributed by atoms with Gasteiger partial charge in [0.2, 0.25) is 0 Å². The average Bonchev–Trinajstić information content (AvgIpc) is 2.45. The Balaban J connectivity index is 2.93. The Kier molecular flexibility index (Phi) is 5.84. The van der Waals surface area contributed by atoms with Gasteiger partial charge in [0.1, 0.15) is 11.5 Å². The molecule has 1 unspecified atom stereocenters. The minimum absolute atomic E-state index is 0.0999. The maximum atomic E-state index is 5.82. The van der Waals surface area contributed by atoms with E-state index in [1.807, 2.05) is 12.1 Å². The first kappa shape index (κ1) is 16.8. The summed E-state index contributed by atoms with van der Waals surface area (Å²) in [5, 5.41) is 0. The Hall–Kier alpha value is -1.26. The van der Waals surface area contributed by atoms with Crippen molar-refractivity contribution in [3.63, 3.8) is 0 Å². The van der Waals surface area contributed by atoms with E-state index in [0.717, 1.165) is 23.6 Å². The number of hydrogen-bond donors (Lipinski definition) is 1. The average molecular weight is 280 g/mol. The number of nitrogens with two attached hydrogens (primary N) is 1. The molecule has 0 bridgehead atoms. The fourth-order valence-electron chi connectivity index (χ4n) is 2.28. The Morgan fingerprint density at radius 3 is 2.40 bits per heavy atom. The predicted molar refractivity (Wildman–Crippen MR) is 83.4 cm³/mol. The molecule has 1 atom stereocenters. The number of rotatable bonds is 7. The quantitative estimate of drug-likeness (QED) is 0.834. The van der Waals surface area contributed by atoms with Crippen LogP contribution < -0.4 is 15.2 Å². The fourth-order valence-corrected chi connectivity index (χ4v) is 2.28. The molecule has 0 fully saturated rings. The maximum absolute atomic E-state index is 5.82. The van der Waals surface area contributed by atoms with E-state index in [1.54, 1.807) is 14.2 Å². The third kappa shape index (κ3) is 4.12. The Labute approximate surface area is 122 Å². The van der Waals surface area contributed by atoms with Crippen LogP contribution in [-0.4, -0.2) is 39.3 Å². The second-order valence-corrected chi connectivity index (χ2v) is 6.07. The largest absolute Gasteiger partial charge is 0.497 e. The van der Waals surface area contributed by atoms with E-state index >= 15 is 0 Å². The van der Waals surface area contributed by atoms with Crippen molar-refractivity contribution in [2.45, 2.75) is 26.8 Å². The summed E-state index contributed by atoms with van der Waals surface area (Å²) in [6.07, 6.45) is 0. The lowest BCUT2D eigenvalue weighted by Crippen LogP contribution is -2.38. The summed E-state index contributed by atoms with van der Waals surface area (Å²) in [4.78, 5) is 2.30. The van der Waals surface area contributed by atoms with Crippen molar-refractivity contribution in [2.24, 2.45) is 11.1 Å². The highest BCUT2D eigenvalue weighted by atomic mass is 16.5. The minimum atomic E-state index is 0.0999. The first-order chi connectivity index (χ1) is 9.34. The Morgan fingerprint density at radius 1 is 1.25 bits per heavy atom. The molecule has 1 rings (SSSR count). The minimum Gasteiger partial charge on any atom is -0.497 e. The van der Waals surface area contributed by atoms with Crippen molar-refractivity contribution in [1.82, 2.24) is 4.90 Å². The summed E-state index contributed by atoms with van der Waals surface area (Å²) < 4.78 is 10.7. The molecular weight excluding hydrogens is 252 g/mol. The molecule has 4 heteroatoms. The molecule has 0 saturated carbocycles. The van der Waals surface area contributed by atoms with Crippen LogP contribution in [0, 0.1) is 5.41 Å². The van der Waals surface area contributed by atoms with E-state index in [1.165, 1.54) is 0 Å². The lowest BCUT2D eigenvalue weighted by atomic mass is 9.92. The molecule has 0 amide bonds. The van der Waals surface area contributed by atoms with Crippen LogP contribution in [0.2, 0.25) is 0 Å². The van der Waals surface area contributed by atoms with Gasteiger partial charge in [-0.25, -0.2) is 0 Å². The van der Waals surface area contributed by atoms with Gasteiger partial charge in [-0.2, -0.15) is 0 Å². The molecule has 4 nitrogen and oxygen atoms in total. The number of methoxy groups -OCH3 is 2. The highest BCUT2D eigenvalue weighted by Gasteiger charge is 2.23. The number of nitrogens with zero attached hydrogens (tertiary/aromatic N) is 1. The smallest absolute Gasteiger partial charge is 0.127 e. The Bertz CT molecular complexity index is 432. The van der Waals surface area contributed by atoms with Gasteiger partial charge in [0.15, 0.2) is 0 Å². The monoisotopic (exact) mass is 280 g/mol. The highest BCUT2D eigenvalue weighted by molar-refractivity contribution is 5.42. The zero-order valence-corrected chi connectivity index (χ0v) is 13.6. The summed E-state index contributed by atoms with van der Waals surface area (Å²) in [6.45, 7) is 8.14. The maximum Gasteiger partial charge on any atom is 0.127 e. The predicted octanol–water partition coefficient (Wildman–Crippen LogP) is 2.68. The molecule has 20 heavy (non-hydrogen) atoms. The fraction of sp³-hybridized carbons (Fsp3) is 0.625. The van der Waals surface area contributed by atoms with E-state index in [-0.39, 0.29) is 11.5 Å². The number of benzene rings is 1. The van der Waals surface area contributed by atoms with Gasteiger partial charge in [-0.15, -0.1) is 0 Å². The van der Waals surface area contributed by atoms with Gasteiger partial charge in [0.05, 0.1) is 14.2 Å². The van der Waals surface area contributed by atoms with Crippen LogP contribution >= 0.6 is 0 Å². The van der Waals surface area contributed by atoms with Crippen molar-refractivity contribution < 1.29 is 9.47 Å². The summed E-state index contributed by atoms with van der Waals surface area (Å²) >= 11 is 0. The van der Waals surface area contributed by atoms with Gasteiger partial charge in [0.25, 0.3) is 0 Å². The normalized spacial score (nSPS) is 13.4. The van der Waals surface area contributed by atoms with E-state index in [4.69, 9.17) is 15.2 Å². The van der Waals surface area contributed by atoms with Crippen molar-refractivity contribution in [3.05, 3.63) is 23.8 Å². The zero-order chi connectivity index (χ0) is 15.3. The number of hydrogen-bond acceptors (Lipinski definition) is 4. The van der Waals surface area contributed by atoms with Crippen molar-refractivity contribution in [2.75, 3.05) is 34.4 Å².